The standard InChI is InChI=1S/C8H10N4O2S2/c1-6-10-4-8(15-6)16(13,14)12-3-7-2-9-5-11-7/h2,4-5,12H,3H2,1H3,(H,9,11). The smallest absolute Gasteiger partial charge is 0.252 e. The van der Waals surface area contributed by atoms with E-state index < -0.39 is 10.0 Å². The van der Waals surface area contributed by atoms with Crippen molar-refractivity contribution in [3.63, 3.8) is 0 Å². The zero-order valence-corrected chi connectivity index (χ0v) is 10.1. The summed E-state index contributed by atoms with van der Waals surface area (Å²) in [4.78, 5) is 10.5. The number of nitrogens with zero attached hydrogens (tertiary/aromatic N) is 2. The van der Waals surface area contributed by atoms with E-state index in [-0.39, 0.29) is 10.8 Å². The number of aryl methyl sites for hydroxylation is 1. The Hall–Kier alpha value is -1.25. The molecule has 0 radical (unpaired) electrons. The summed E-state index contributed by atoms with van der Waals surface area (Å²) in [5.74, 6) is 0. The molecule has 0 spiro atoms. The molecule has 8 heteroatoms. The molecule has 0 aliphatic heterocycles. The van der Waals surface area contributed by atoms with Crippen LogP contribution in [0.4, 0.5) is 0 Å². The summed E-state index contributed by atoms with van der Waals surface area (Å²) < 4.78 is 26.2. The third-order valence-electron chi connectivity index (χ3n) is 1.87. The number of sulfonamides is 1. The van der Waals surface area contributed by atoms with E-state index in [1.165, 1.54) is 12.5 Å². The van der Waals surface area contributed by atoms with E-state index in [0.717, 1.165) is 16.3 Å². The average Bonchev–Trinajstić information content (AvgIpc) is 2.85. The van der Waals surface area contributed by atoms with Gasteiger partial charge < -0.3 is 4.98 Å². The Morgan fingerprint density at radius 1 is 1.50 bits per heavy atom. The van der Waals surface area contributed by atoms with Crippen LogP contribution in [0.25, 0.3) is 0 Å². The van der Waals surface area contributed by atoms with Crippen LogP contribution in [0.2, 0.25) is 0 Å². The first kappa shape index (κ1) is 11.2. The van der Waals surface area contributed by atoms with Crippen LogP contribution in [-0.4, -0.2) is 23.4 Å². The fourth-order valence-electron chi connectivity index (χ4n) is 1.09. The lowest BCUT2D eigenvalue weighted by molar-refractivity contribution is 0.582. The summed E-state index contributed by atoms with van der Waals surface area (Å²) in [6.07, 6.45) is 4.43. The monoisotopic (exact) mass is 258 g/mol. The lowest BCUT2D eigenvalue weighted by Gasteiger charge is -2.01. The van der Waals surface area contributed by atoms with Gasteiger partial charge in [-0.15, -0.1) is 11.3 Å². The molecule has 2 aromatic rings. The van der Waals surface area contributed by atoms with E-state index >= 15 is 0 Å². The Morgan fingerprint density at radius 3 is 2.88 bits per heavy atom. The summed E-state index contributed by atoms with van der Waals surface area (Å²) in [7, 11) is -3.46. The SMILES string of the molecule is Cc1ncc(S(=O)(=O)NCc2cnc[nH]2)s1. The molecule has 2 rings (SSSR count). The molecule has 2 N–H and O–H groups in total. The van der Waals surface area contributed by atoms with E-state index in [9.17, 15) is 8.42 Å². The van der Waals surface area contributed by atoms with Gasteiger partial charge in [-0.2, -0.15) is 0 Å². The molecule has 6 nitrogen and oxygen atoms in total. The maximum atomic E-state index is 11.8. The van der Waals surface area contributed by atoms with Crippen LogP contribution in [-0.2, 0) is 16.6 Å². The number of nitrogens with one attached hydrogen (secondary N) is 2. The van der Waals surface area contributed by atoms with E-state index in [1.54, 1.807) is 13.1 Å². The van der Waals surface area contributed by atoms with Crippen molar-refractivity contribution in [2.24, 2.45) is 0 Å². The van der Waals surface area contributed by atoms with Crippen molar-refractivity contribution in [1.29, 1.82) is 0 Å². The molecule has 0 unspecified atom stereocenters. The minimum Gasteiger partial charge on any atom is -0.347 e. The molecule has 16 heavy (non-hydrogen) atoms. The lowest BCUT2D eigenvalue weighted by Crippen LogP contribution is -2.22. The van der Waals surface area contributed by atoms with Crippen LogP contribution in [0, 0.1) is 6.92 Å². The summed E-state index contributed by atoms with van der Waals surface area (Å²) in [6.45, 7) is 1.96. The summed E-state index contributed by atoms with van der Waals surface area (Å²) in [5.41, 5.74) is 0.713. The van der Waals surface area contributed by atoms with Crippen LogP contribution in [0.1, 0.15) is 10.7 Å². The highest BCUT2D eigenvalue weighted by molar-refractivity contribution is 7.91. The van der Waals surface area contributed by atoms with Crippen LogP contribution >= 0.6 is 11.3 Å². The first-order valence-electron chi connectivity index (χ1n) is 4.47. The number of aromatic nitrogens is 3. The van der Waals surface area contributed by atoms with Crippen LogP contribution in [0.5, 0.6) is 0 Å². The van der Waals surface area contributed by atoms with Gasteiger partial charge in [0, 0.05) is 11.9 Å². The molecule has 2 aromatic heterocycles. The highest BCUT2D eigenvalue weighted by atomic mass is 32.2. The number of hydrogen-bond donors (Lipinski definition) is 2. The Bertz CT molecular complexity index is 559. The van der Waals surface area contributed by atoms with Crippen molar-refractivity contribution in [1.82, 2.24) is 19.7 Å². The number of thiazole rings is 1. The van der Waals surface area contributed by atoms with Gasteiger partial charge in [-0.25, -0.2) is 23.1 Å². The minimum absolute atomic E-state index is 0.194. The Kier molecular flexibility index (Phi) is 3.03. The van der Waals surface area contributed by atoms with Gasteiger partial charge in [0.15, 0.2) is 4.21 Å². The minimum atomic E-state index is -3.46. The Labute approximate surface area is 96.8 Å². The van der Waals surface area contributed by atoms with Crippen molar-refractivity contribution in [3.8, 4) is 0 Å². The first-order chi connectivity index (χ1) is 7.58. The second-order valence-corrected chi connectivity index (χ2v) is 6.33. The quantitative estimate of drug-likeness (QED) is 0.843. The number of imidazole rings is 1. The topological polar surface area (TPSA) is 87.7 Å². The van der Waals surface area contributed by atoms with E-state index in [4.69, 9.17) is 0 Å². The van der Waals surface area contributed by atoms with Crippen LogP contribution in [0.3, 0.4) is 0 Å². The summed E-state index contributed by atoms with van der Waals surface area (Å²) in [5, 5.41) is 0.724. The number of H-pyrrole nitrogens is 1. The first-order valence-corrected chi connectivity index (χ1v) is 6.77. The second-order valence-electron chi connectivity index (χ2n) is 3.10. The zero-order chi connectivity index (χ0) is 11.6. The Morgan fingerprint density at radius 2 is 2.31 bits per heavy atom. The number of aromatic amines is 1. The molecule has 0 aliphatic rings. The van der Waals surface area contributed by atoms with E-state index in [0.29, 0.717) is 5.69 Å². The molecular formula is C8H10N4O2S2. The zero-order valence-electron chi connectivity index (χ0n) is 8.47. The van der Waals surface area contributed by atoms with Crippen molar-refractivity contribution < 1.29 is 8.42 Å². The fraction of sp³-hybridized carbons (Fsp3) is 0.250. The van der Waals surface area contributed by atoms with Gasteiger partial charge in [0.2, 0.25) is 0 Å². The third-order valence-corrected chi connectivity index (χ3v) is 4.65. The predicted molar refractivity (Wildman–Crippen MR) is 59.5 cm³/mol. The molecule has 86 valence electrons. The predicted octanol–water partition coefficient (Wildman–Crippen LogP) is 0.653. The lowest BCUT2D eigenvalue weighted by atomic mass is 10.5. The maximum Gasteiger partial charge on any atom is 0.252 e. The third kappa shape index (κ3) is 2.46. The van der Waals surface area contributed by atoms with Crippen molar-refractivity contribution >= 4 is 21.4 Å². The number of hydrogen-bond acceptors (Lipinski definition) is 5. The summed E-state index contributed by atoms with van der Waals surface area (Å²) >= 11 is 1.14. The molecule has 0 saturated carbocycles. The van der Waals surface area contributed by atoms with Gasteiger partial charge in [-0.3, -0.25) is 0 Å². The second kappa shape index (κ2) is 4.32. The van der Waals surface area contributed by atoms with Gasteiger partial charge in [-0.05, 0) is 6.92 Å². The molecule has 0 bridgehead atoms. The highest BCUT2D eigenvalue weighted by Crippen LogP contribution is 2.17. The van der Waals surface area contributed by atoms with Gasteiger partial charge in [0.05, 0.1) is 24.1 Å². The molecule has 0 atom stereocenters. The van der Waals surface area contributed by atoms with Gasteiger partial charge in [0.1, 0.15) is 0 Å². The van der Waals surface area contributed by atoms with Crippen LogP contribution in [0.15, 0.2) is 22.9 Å². The van der Waals surface area contributed by atoms with Crippen molar-refractivity contribution in [2.75, 3.05) is 0 Å². The Balaban J connectivity index is 2.09. The van der Waals surface area contributed by atoms with E-state index in [2.05, 4.69) is 19.7 Å². The molecule has 0 aromatic carbocycles. The molecule has 0 saturated heterocycles. The maximum absolute atomic E-state index is 11.8. The van der Waals surface area contributed by atoms with Gasteiger partial charge in [0.25, 0.3) is 10.0 Å². The van der Waals surface area contributed by atoms with Crippen molar-refractivity contribution in [2.45, 2.75) is 17.7 Å². The molecule has 0 fully saturated rings. The molecule has 0 amide bonds. The fourth-order valence-corrected chi connectivity index (χ4v) is 3.25. The van der Waals surface area contributed by atoms with Gasteiger partial charge in [-0.1, -0.05) is 0 Å². The molecule has 0 aliphatic carbocycles. The number of rotatable bonds is 4. The van der Waals surface area contributed by atoms with Crippen LogP contribution < -0.4 is 4.72 Å². The highest BCUT2D eigenvalue weighted by Gasteiger charge is 2.16. The van der Waals surface area contributed by atoms with Gasteiger partial charge >= 0.3 is 0 Å². The largest absolute Gasteiger partial charge is 0.347 e. The van der Waals surface area contributed by atoms with E-state index in [1.807, 2.05) is 0 Å². The average molecular weight is 258 g/mol. The summed E-state index contributed by atoms with van der Waals surface area (Å²) in [6, 6.07) is 0. The normalized spacial score (nSPS) is 11.8. The molecule has 2 heterocycles. The molecular weight excluding hydrogens is 248 g/mol. The van der Waals surface area contributed by atoms with Crippen molar-refractivity contribution in [3.05, 3.63) is 29.4 Å².